The molecule has 0 bridgehead atoms. The number of aliphatic hydroxyl groups is 1. The van der Waals surface area contributed by atoms with Crippen LogP contribution in [0.5, 0.6) is 5.75 Å². The van der Waals surface area contributed by atoms with Crippen LogP contribution in [0.25, 0.3) is 10.9 Å². The van der Waals surface area contributed by atoms with Gasteiger partial charge in [0.05, 0.1) is 18.2 Å². The van der Waals surface area contributed by atoms with E-state index in [1.54, 1.807) is 6.20 Å². The van der Waals surface area contributed by atoms with Crippen LogP contribution < -0.4 is 4.74 Å². The van der Waals surface area contributed by atoms with Gasteiger partial charge >= 0.3 is 0 Å². The third-order valence-corrected chi connectivity index (χ3v) is 2.89. The van der Waals surface area contributed by atoms with Crippen LogP contribution in [0.15, 0.2) is 24.4 Å². The van der Waals surface area contributed by atoms with Crippen molar-refractivity contribution >= 4 is 10.9 Å². The lowest BCUT2D eigenvalue weighted by Gasteiger charge is -2.16. The average Bonchev–Trinajstić information content (AvgIpc) is 2.38. The number of ether oxygens (including phenoxy) is 1. The van der Waals surface area contributed by atoms with Gasteiger partial charge in [-0.25, -0.2) is 0 Å². The van der Waals surface area contributed by atoms with E-state index in [1.807, 2.05) is 19.9 Å². The lowest BCUT2D eigenvalue weighted by molar-refractivity contribution is 0.228. The molecule has 3 nitrogen and oxygen atoms in total. The third kappa shape index (κ3) is 2.46. The molecule has 0 saturated carbocycles. The normalized spacial score (nSPS) is 11.2. The lowest BCUT2D eigenvalue weighted by Crippen LogP contribution is -2.08. The highest BCUT2D eigenvalue weighted by Crippen LogP contribution is 2.30. The Morgan fingerprint density at radius 1 is 1.33 bits per heavy atom. The van der Waals surface area contributed by atoms with Crippen molar-refractivity contribution in [1.82, 2.24) is 4.98 Å². The van der Waals surface area contributed by atoms with E-state index in [0.717, 1.165) is 28.6 Å². The van der Waals surface area contributed by atoms with Crippen molar-refractivity contribution in [1.29, 1.82) is 0 Å². The molecule has 18 heavy (non-hydrogen) atoms. The first-order valence-corrected chi connectivity index (χ1v) is 6.33. The summed E-state index contributed by atoms with van der Waals surface area (Å²) < 4.78 is 5.85. The molecule has 0 atom stereocenters. The summed E-state index contributed by atoms with van der Waals surface area (Å²) in [6.07, 6.45) is 2.73. The Kier molecular flexibility index (Phi) is 3.82. The van der Waals surface area contributed by atoms with E-state index in [4.69, 9.17) is 4.74 Å². The zero-order valence-corrected chi connectivity index (χ0v) is 11.1. The van der Waals surface area contributed by atoms with E-state index in [9.17, 15) is 5.11 Å². The second-order valence-corrected chi connectivity index (χ2v) is 4.64. The standard InChI is InChI=1S/C15H19NO2/c1-4-11-5-6-14-13(7-11)15(18-10(2)3)12(9-17)8-16-14/h5-8,10,17H,4,9H2,1-3H3. The number of aryl methyl sites for hydroxylation is 1. The molecule has 0 unspecified atom stereocenters. The molecule has 0 aliphatic heterocycles. The number of benzene rings is 1. The molecule has 1 aromatic carbocycles. The molecule has 0 saturated heterocycles. The Labute approximate surface area is 107 Å². The van der Waals surface area contributed by atoms with Gasteiger partial charge in [-0.3, -0.25) is 4.98 Å². The van der Waals surface area contributed by atoms with Crippen LogP contribution in [0.2, 0.25) is 0 Å². The second kappa shape index (κ2) is 5.36. The number of nitrogens with zero attached hydrogens (tertiary/aromatic N) is 1. The van der Waals surface area contributed by atoms with Gasteiger partial charge in [-0.15, -0.1) is 0 Å². The molecular formula is C15H19NO2. The van der Waals surface area contributed by atoms with Gasteiger partial charge in [0.15, 0.2) is 0 Å². The summed E-state index contributed by atoms with van der Waals surface area (Å²) in [5.41, 5.74) is 2.89. The molecule has 2 rings (SSSR count). The maximum Gasteiger partial charge on any atom is 0.136 e. The van der Waals surface area contributed by atoms with Crippen molar-refractivity contribution in [2.75, 3.05) is 0 Å². The number of fused-ring (bicyclic) bond motifs is 1. The molecule has 0 fully saturated rings. The SMILES string of the molecule is CCc1ccc2ncc(CO)c(OC(C)C)c2c1. The number of aliphatic hydroxyl groups excluding tert-OH is 1. The molecule has 1 N–H and O–H groups in total. The van der Waals surface area contributed by atoms with Crippen LogP contribution in [0, 0.1) is 0 Å². The summed E-state index contributed by atoms with van der Waals surface area (Å²) in [6, 6.07) is 6.18. The highest BCUT2D eigenvalue weighted by Gasteiger charge is 2.11. The molecule has 1 heterocycles. The quantitative estimate of drug-likeness (QED) is 0.900. The van der Waals surface area contributed by atoms with Crippen molar-refractivity contribution in [2.45, 2.75) is 39.9 Å². The van der Waals surface area contributed by atoms with Gasteiger partial charge in [0.2, 0.25) is 0 Å². The fraction of sp³-hybridized carbons (Fsp3) is 0.400. The van der Waals surface area contributed by atoms with Gasteiger partial charge in [-0.05, 0) is 38.0 Å². The Balaban J connectivity index is 2.65. The summed E-state index contributed by atoms with van der Waals surface area (Å²) in [5, 5.41) is 10.4. The van der Waals surface area contributed by atoms with Crippen molar-refractivity contribution in [2.24, 2.45) is 0 Å². The summed E-state index contributed by atoms with van der Waals surface area (Å²) in [6.45, 7) is 6.03. The highest BCUT2D eigenvalue weighted by molar-refractivity contribution is 5.86. The van der Waals surface area contributed by atoms with Crippen LogP contribution in [0.4, 0.5) is 0 Å². The smallest absolute Gasteiger partial charge is 0.136 e. The fourth-order valence-electron chi connectivity index (χ4n) is 1.96. The zero-order chi connectivity index (χ0) is 13.1. The molecule has 1 aromatic heterocycles. The van der Waals surface area contributed by atoms with Crippen LogP contribution in [-0.2, 0) is 13.0 Å². The zero-order valence-electron chi connectivity index (χ0n) is 11.1. The van der Waals surface area contributed by atoms with Crippen molar-refractivity contribution in [3.8, 4) is 5.75 Å². The van der Waals surface area contributed by atoms with Crippen molar-refractivity contribution in [3.05, 3.63) is 35.5 Å². The number of pyridine rings is 1. The minimum Gasteiger partial charge on any atom is -0.490 e. The minimum atomic E-state index is -0.0542. The molecule has 0 amide bonds. The predicted octanol–water partition coefficient (Wildman–Crippen LogP) is 3.08. The van der Waals surface area contributed by atoms with E-state index in [0.29, 0.717) is 0 Å². The Morgan fingerprint density at radius 2 is 2.11 bits per heavy atom. The number of rotatable bonds is 4. The third-order valence-electron chi connectivity index (χ3n) is 2.89. The van der Waals surface area contributed by atoms with Gasteiger partial charge in [0, 0.05) is 17.1 Å². The molecule has 0 aliphatic rings. The first-order valence-electron chi connectivity index (χ1n) is 6.33. The van der Waals surface area contributed by atoms with Crippen LogP contribution in [0.3, 0.4) is 0 Å². The largest absolute Gasteiger partial charge is 0.490 e. The summed E-state index contributed by atoms with van der Waals surface area (Å²) in [7, 11) is 0. The minimum absolute atomic E-state index is 0.0542. The second-order valence-electron chi connectivity index (χ2n) is 4.64. The van der Waals surface area contributed by atoms with E-state index in [1.165, 1.54) is 5.56 Å². The lowest BCUT2D eigenvalue weighted by atomic mass is 10.1. The monoisotopic (exact) mass is 245 g/mol. The molecule has 3 heteroatoms. The maximum absolute atomic E-state index is 9.40. The van der Waals surface area contributed by atoms with Crippen LogP contribution in [0.1, 0.15) is 31.9 Å². The van der Waals surface area contributed by atoms with E-state index in [2.05, 4.69) is 24.0 Å². The summed E-state index contributed by atoms with van der Waals surface area (Å²) >= 11 is 0. The topological polar surface area (TPSA) is 42.4 Å². The highest BCUT2D eigenvalue weighted by atomic mass is 16.5. The molecule has 0 aliphatic carbocycles. The molecule has 0 spiro atoms. The van der Waals surface area contributed by atoms with Crippen LogP contribution >= 0.6 is 0 Å². The first kappa shape index (κ1) is 12.8. The molecule has 2 aromatic rings. The van der Waals surface area contributed by atoms with Crippen molar-refractivity contribution < 1.29 is 9.84 Å². The predicted molar refractivity (Wildman–Crippen MR) is 72.8 cm³/mol. The van der Waals surface area contributed by atoms with Gasteiger partial charge in [-0.1, -0.05) is 13.0 Å². The first-order chi connectivity index (χ1) is 8.65. The number of hydrogen-bond donors (Lipinski definition) is 1. The Morgan fingerprint density at radius 3 is 2.72 bits per heavy atom. The van der Waals surface area contributed by atoms with Gasteiger partial charge in [0.1, 0.15) is 5.75 Å². The van der Waals surface area contributed by atoms with Gasteiger partial charge < -0.3 is 9.84 Å². The molecule has 0 radical (unpaired) electrons. The van der Waals surface area contributed by atoms with Gasteiger partial charge in [0.25, 0.3) is 0 Å². The maximum atomic E-state index is 9.40. The Hall–Kier alpha value is -1.61. The number of hydrogen-bond acceptors (Lipinski definition) is 3. The Bertz CT molecular complexity index is 544. The fourth-order valence-corrected chi connectivity index (χ4v) is 1.96. The van der Waals surface area contributed by atoms with E-state index >= 15 is 0 Å². The molecular weight excluding hydrogens is 226 g/mol. The molecule has 96 valence electrons. The van der Waals surface area contributed by atoms with E-state index in [-0.39, 0.29) is 12.7 Å². The van der Waals surface area contributed by atoms with Gasteiger partial charge in [-0.2, -0.15) is 0 Å². The summed E-state index contributed by atoms with van der Waals surface area (Å²) in [5.74, 6) is 0.757. The number of aromatic nitrogens is 1. The van der Waals surface area contributed by atoms with E-state index < -0.39 is 0 Å². The average molecular weight is 245 g/mol. The summed E-state index contributed by atoms with van der Waals surface area (Å²) in [4.78, 5) is 4.36. The van der Waals surface area contributed by atoms with Crippen molar-refractivity contribution in [3.63, 3.8) is 0 Å². The van der Waals surface area contributed by atoms with Crippen LogP contribution in [-0.4, -0.2) is 16.2 Å².